The number of rotatable bonds is 6. The molecule has 110 valence electrons. The highest BCUT2D eigenvalue weighted by atomic mass is 16.1. The van der Waals surface area contributed by atoms with Crippen molar-refractivity contribution >= 4 is 5.91 Å². The quantitative estimate of drug-likeness (QED) is 0.850. The molecule has 0 aliphatic rings. The lowest BCUT2D eigenvalue weighted by Crippen LogP contribution is -2.36. The Morgan fingerprint density at radius 3 is 2.67 bits per heavy atom. The van der Waals surface area contributed by atoms with E-state index in [0.29, 0.717) is 19.5 Å². The Morgan fingerprint density at radius 1 is 1.24 bits per heavy atom. The van der Waals surface area contributed by atoms with Crippen molar-refractivity contribution in [2.24, 2.45) is 11.7 Å². The number of carbonyl (C=O) groups excluding carboxylic acids is 1. The molecule has 0 saturated heterocycles. The maximum Gasteiger partial charge on any atom is 0.225 e. The van der Waals surface area contributed by atoms with Crippen LogP contribution in [0, 0.1) is 12.8 Å². The van der Waals surface area contributed by atoms with Crippen LogP contribution in [0.5, 0.6) is 0 Å². The molecule has 1 atom stereocenters. The van der Waals surface area contributed by atoms with E-state index in [4.69, 9.17) is 5.73 Å². The highest BCUT2D eigenvalue weighted by Gasteiger charge is 2.17. The van der Waals surface area contributed by atoms with Crippen LogP contribution in [0.2, 0.25) is 0 Å². The summed E-state index contributed by atoms with van der Waals surface area (Å²) in [5.74, 6) is -0.233. The molecule has 4 heteroatoms. The summed E-state index contributed by atoms with van der Waals surface area (Å²) in [5.41, 5.74) is 8.83. The smallest absolute Gasteiger partial charge is 0.225 e. The standard InChI is InChI=1S/C17H21N3O/c1-13-6-5-9-19-16(13)12-20-17(21)15(11-18)10-14-7-3-2-4-8-14/h2-9,15H,10-12,18H2,1H3,(H,20,21). The van der Waals surface area contributed by atoms with Crippen LogP contribution in [0.3, 0.4) is 0 Å². The first kappa shape index (κ1) is 15.2. The molecule has 1 aromatic heterocycles. The zero-order chi connectivity index (χ0) is 15.1. The molecule has 4 nitrogen and oxygen atoms in total. The van der Waals surface area contributed by atoms with Gasteiger partial charge in [-0.2, -0.15) is 0 Å². The van der Waals surface area contributed by atoms with E-state index < -0.39 is 0 Å². The lowest BCUT2D eigenvalue weighted by molar-refractivity contribution is -0.124. The Balaban J connectivity index is 1.93. The van der Waals surface area contributed by atoms with Crippen molar-refractivity contribution in [3.8, 4) is 0 Å². The predicted octanol–water partition coefficient (Wildman–Crippen LogP) is 1.82. The van der Waals surface area contributed by atoms with E-state index in [1.54, 1.807) is 6.20 Å². The Bertz CT molecular complexity index is 584. The van der Waals surface area contributed by atoms with Crippen LogP contribution in [0.4, 0.5) is 0 Å². The molecule has 0 saturated carbocycles. The van der Waals surface area contributed by atoms with Gasteiger partial charge in [0, 0.05) is 12.7 Å². The van der Waals surface area contributed by atoms with E-state index in [-0.39, 0.29) is 11.8 Å². The van der Waals surface area contributed by atoms with Crippen molar-refractivity contribution in [3.05, 3.63) is 65.5 Å². The summed E-state index contributed by atoms with van der Waals surface area (Å²) >= 11 is 0. The van der Waals surface area contributed by atoms with Gasteiger partial charge in [-0.25, -0.2) is 0 Å². The minimum atomic E-state index is -0.212. The van der Waals surface area contributed by atoms with Crippen LogP contribution >= 0.6 is 0 Å². The Labute approximate surface area is 125 Å². The summed E-state index contributed by atoms with van der Waals surface area (Å²) in [6.07, 6.45) is 2.39. The molecule has 0 bridgehead atoms. The number of amides is 1. The van der Waals surface area contributed by atoms with E-state index in [1.807, 2.05) is 49.4 Å². The number of nitrogens with zero attached hydrogens (tertiary/aromatic N) is 1. The van der Waals surface area contributed by atoms with Gasteiger partial charge >= 0.3 is 0 Å². The van der Waals surface area contributed by atoms with Crippen molar-refractivity contribution in [2.45, 2.75) is 19.9 Å². The van der Waals surface area contributed by atoms with E-state index in [1.165, 1.54) is 0 Å². The fourth-order valence-electron chi connectivity index (χ4n) is 2.20. The van der Waals surface area contributed by atoms with E-state index >= 15 is 0 Å². The molecular formula is C17H21N3O. The van der Waals surface area contributed by atoms with Crippen molar-refractivity contribution in [2.75, 3.05) is 6.54 Å². The summed E-state index contributed by atoms with van der Waals surface area (Å²) < 4.78 is 0. The van der Waals surface area contributed by atoms with E-state index in [9.17, 15) is 4.79 Å². The van der Waals surface area contributed by atoms with Gasteiger partial charge in [0.1, 0.15) is 0 Å². The molecule has 1 aromatic carbocycles. The third kappa shape index (κ3) is 4.39. The maximum atomic E-state index is 12.2. The van der Waals surface area contributed by atoms with Gasteiger partial charge in [0.25, 0.3) is 0 Å². The second-order valence-corrected chi connectivity index (χ2v) is 5.11. The minimum Gasteiger partial charge on any atom is -0.350 e. The molecule has 0 radical (unpaired) electrons. The summed E-state index contributed by atoms with van der Waals surface area (Å²) in [5, 5.41) is 2.93. The summed E-state index contributed by atoms with van der Waals surface area (Å²) in [6, 6.07) is 13.8. The first-order valence-corrected chi connectivity index (χ1v) is 7.13. The lowest BCUT2D eigenvalue weighted by Gasteiger charge is -2.15. The second kappa shape index (κ2) is 7.55. The molecule has 3 N–H and O–H groups in total. The lowest BCUT2D eigenvalue weighted by atomic mass is 9.98. The van der Waals surface area contributed by atoms with Crippen LogP contribution in [0.1, 0.15) is 16.8 Å². The van der Waals surface area contributed by atoms with Gasteiger partial charge in [0.15, 0.2) is 0 Å². The number of pyridine rings is 1. The third-order valence-electron chi connectivity index (χ3n) is 3.53. The molecule has 0 aliphatic heterocycles. The first-order chi connectivity index (χ1) is 10.2. The number of nitrogens with one attached hydrogen (secondary N) is 1. The van der Waals surface area contributed by atoms with Gasteiger partial charge in [-0.15, -0.1) is 0 Å². The highest BCUT2D eigenvalue weighted by Crippen LogP contribution is 2.09. The third-order valence-corrected chi connectivity index (χ3v) is 3.53. The van der Waals surface area contributed by atoms with E-state index in [0.717, 1.165) is 16.8 Å². The highest BCUT2D eigenvalue weighted by molar-refractivity contribution is 5.79. The largest absolute Gasteiger partial charge is 0.350 e. The number of hydrogen-bond donors (Lipinski definition) is 2. The molecule has 2 aromatic rings. The number of nitrogens with two attached hydrogens (primary N) is 1. The van der Waals surface area contributed by atoms with Gasteiger partial charge < -0.3 is 11.1 Å². The number of carbonyl (C=O) groups is 1. The maximum absolute atomic E-state index is 12.2. The molecule has 0 fully saturated rings. The van der Waals surface area contributed by atoms with Crippen molar-refractivity contribution in [1.82, 2.24) is 10.3 Å². The van der Waals surface area contributed by atoms with Gasteiger partial charge in [-0.05, 0) is 30.5 Å². The summed E-state index contributed by atoms with van der Waals surface area (Å²) in [6.45, 7) is 2.76. The molecule has 2 rings (SSSR count). The van der Waals surface area contributed by atoms with Crippen LogP contribution in [-0.2, 0) is 17.8 Å². The van der Waals surface area contributed by atoms with Crippen LogP contribution in [0.25, 0.3) is 0 Å². The predicted molar refractivity (Wildman–Crippen MR) is 83.5 cm³/mol. The second-order valence-electron chi connectivity index (χ2n) is 5.11. The fraction of sp³-hybridized carbons (Fsp3) is 0.294. The molecular weight excluding hydrogens is 262 g/mol. The van der Waals surface area contributed by atoms with Gasteiger partial charge in [0.2, 0.25) is 5.91 Å². The topological polar surface area (TPSA) is 68.0 Å². The van der Waals surface area contributed by atoms with Crippen molar-refractivity contribution < 1.29 is 4.79 Å². The van der Waals surface area contributed by atoms with Gasteiger partial charge in [0.05, 0.1) is 18.2 Å². The fourth-order valence-corrected chi connectivity index (χ4v) is 2.20. The van der Waals surface area contributed by atoms with Gasteiger partial charge in [-0.3, -0.25) is 9.78 Å². The molecule has 0 aliphatic carbocycles. The van der Waals surface area contributed by atoms with Crippen molar-refractivity contribution in [3.63, 3.8) is 0 Å². The number of benzene rings is 1. The number of aryl methyl sites for hydroxylation is 1. The molecule has 1 amide bonds. The normalized spacial score (nSPS) is 11.9. The number of aromatic nitrogens is 1. The van der Waals surface area contributed by atoms with Crippen LogP contribution in [-0.4, -0.2) is 17.4 Å². The monoisotopic (exact) mass is 283 g/mol. The summed E-state index contributed by atoms with van der Waals surface area (Å²) in [4.78, 5) is 16.5. The van der Waals surface area contributed by atoms with Gasteiger partial charge in [-0.1, -0.05) is 36.4 Å². The number of hydrogen-bond acceptors (Lipinski definition) is 3. The molecule has 0 spiro atoms. The first-order valence-electron chi connectivity index (χ1n) is 7.13. The minimum absolute atomic E-state index is 0.0218. The Morgan fingerprint density at radius 2 is 2.00 bits per heavy atom. The van der Waals surface area contributed by atoms with Crippen LogP contribution in [0.15, 0.2) is 48.7 Å². The Hall–Kier alpha value is -2.20. The zero-order valence-electron chi connectivity index (χ0n) is 12.3. The molecule has 1 heterocycles. The van der Waals surface area contributed by atoms with Crippen LogP contribution < -0.4 is 11.1 Å². The molecule has 1 unspecified atom stereocenters. The Kier molecular flexibility index (Phi) is 5.46. The van der Waals surface area contributed by atoms with Crippen molar-refractivity contribution in [1.29, 1.82) is 0 Å². The summed E-state index contributed by atoms with van der Waals surface area (Å²) in [7, 11) is 0. The average molecular weight is 283 g/mol. The molecule has 21 heavy (non-hydrogen) atoms. The zero-order valence-corrected chi connectivity index (χ0v) is 12.3. The van der Waals surface area contributed by atoms with E-state index in [2.05, 4.69) is 10.3 Å². The average Bonchev–Trinajstić information content (AvgIpc) is 2.52. The SMILES string of the molecule is Cc1cccnc1CNC(=O)C(CN)Cc1ccccc1.